The van der Waals surface area contributed by atoms with Gasteiger partial charge in [-0.2, -0.15) is 0 Å². The number of nitrogens with zero attached hydrogens (tertiary/aromatic N) is 2. The highest BCUT2D eigenvalue weighted by atomic mass is 15.3. The van der Waals surface area contributed by atoms with Crippen LogP contribution in [0.5, 0.6) is 0 Å². The molecule has 0 aromatic heterocycles. The number of allylic oxidation sites excluding steroid dienone is 3. The normalized spacial score (nSPS) is 27.5. The summed E-state index contributed by atoms with van der Waals surface area (Å²) in [5.74, 6) is 0.739. The Morgan fingerprint density at radius 3 is 2.53 bits per heavy atom. The number of hydrogen-bond donors (Lipinski definition) is 0. The van der Waals surface area contributed by atoms with Crippen molar-refractivity contribution < 1.29 is 0 Å². The van der Waals surface area contributed by atoms with E-state index in [0.29, 0.717) is 6.04 Å². The minimum atomic E-state index is 0.702. The van der Waals surface area contributed by atoms with Crippen LogP contribution in [0.4, 0.5) is 0 Å². The average molecular weight is 234 g/mol. The second-order valence-electron chi connectivity index (χ2n) is 5.71. The smallest absolute Gasteiger partial charge is 0.0199 e. The van der Waals surface area contributed by atoms with Crippen molar-refractivity contribution in [2.75, 3.05) is 32.7 Å². The fourth-order valence-electron chi connectivity index (χ4n) is 2.69. The molecular weight excluding hydrogens is 208 g/mol. The van der Waals surface area contributed by atoms with Gasteiger partial charge in [0.05, 0.1) is 0 Å². The average Bonchev–Trinajstić information content (AvgIpc) is 2.33. The molecule has 1 unspecified atom stereocenters. The van der Waals surface area contributed by atoms with Crippen molar-refractivity contribution in [1.82, 2.24) is 9.80 Å². The van der Waals surface area contributed by atoms with Gasteiger partial charge in [0.25, 0.3) is 0 Å². The fraction of sp³-hybridized carbons (Fsp3) is 0.733. The van der Waals surface area contributed by atoms with Crippen LogP contribution in [-0.2, 0) is 0 Å². The number of hydrogen-bond acceptors (Lipinski definition) is 2. The van der Waals surface area contributed by atoms with Crippen LogP contribution in [0.25, 0.3) is 0 Å². The third-order valence-corrected chi connectivity index (χ3v) is 4.11. The largest absolute Gasteiger partial charge is 0.298 e. The van der Waals surface area contributed by atoms with Gasteiger partial charge in [-0.3, -0.25) is 9.80 Å². The van der Waals surface area contributed by atoms with Gasteiger partial charge in [0, 0.05) is 38.8 Å². The predicted molar refractivity (Wildman–Crippen MR) is 74.2 cm³/mol. The summed E-state index contributed by atoms with van der Waals surface area (Å²) in [4.78, 5) is 5.19. The third-order valence-electron chi connectivity index (χ3n) is 4.11. The lowest BCUT2D eigenvalue weighted by atomic mass is 9.93. The molecule has 0 spiro atoms. The van der Waals surface area contributed by atoms with Crippen LogP contribution in [-0.4, -0.2) is 48.6 Å². The van der Waals surface area contributed by atoms with Crippen molar-refractivity contribution in [3.05, 3.63) is 23.8 Å². The molecule has 0 amide bonds. The van der Waals surface area contributed by atoms with Crippen molar-refractivity contribution in [2.45, 2.75) is 33.2 Å². The molecular formula is C15H26N2. The van der Waals surface area contributed by atoms with E-state index >= 15 is 0 Å². The molecule has 1 saturated heterocycles. The van der Waals surface area contributed by atoms with Crippen molar-refractivity contribution >= 4 is 0 Å². The van der Waals surface area contributed by atoms with E-state index in [9.17, 15) is 0 Å². The highest BCUT2D eigenvalue weighted by Gasteiger charge is 2.20. The molecule has 0 N–H and O–H groups in total. The van der Waals surface area contributed by atoms with E-state index in [4.69, 9.17) is 0 Å². The monoisotopic (exact) mass is 234 g/mol. The lowest BCUT2D eigenvalue weighted by molar-refractivity contribution is 0.113. The molecule has 2 rings (SSSR count). The van der Waals surface area contributed by atoms with Crippen molar-refractivity contribution in [2.24, 2.45) is 5.92 Å². The summed E-state index contributed by atoms with van der Waals surface area (Å²) in [6.07, 6.45) is 8.05. The van der Waals surface area contributed by atoms with E-state index in [0.717, 1.165) is 5.92 Å². The molecule has 17 heavy (non-hydrogen) atoms. The second kappa shape index (κ2) is 5.83. The van der Waals surface area contributed by atoms with E-state index in [-0.39, 0.29) is 0 Å². The maximum atomic E-state index is 2.61. The zero-order valence-electron chi connectivity index (χ0n) is 11.5. The molecule has 0 aromatic carbocycles. The van der Waals surface area contributed by atoms with E-state index in [2.05, 4.69) is 48.8 Å². The zero-order valence-corrected chi connectivity index (χ0v) is 11.5. The molecule has 0 bridgehead atoms. The first-order chi connectivity index (χ1) is 8.16. The molecule has 2 heteroatoms. The predicted octanol–water partition coefficient (Wildman–Crippen LogP) is 2.53. The van der Waals surface area contributed by atoms with Crippen LogP contribution in [0, 0.1) is 5.92 Å². The van der Waals surface area contributed by atoms with E-state index in [1.54, 1.807) is 5.57 Å². The van der Waals surface area contributed by atoms with Gasteiger partial charge >= 0.3 is 0 Å². The maximum absolute atomic E-state index is 2.61. The van der Waals surface area contributed by atoms with Crippen molar-refractivity contribution in [1.29, 1.82) is 0 Å². The van der Waals surface area contributed by atoms with Crippen LogP contribution in [0.2, 0.25) is 0 Å². The maximum Gasteiger partial charge on any atom is 0.0199 e. The van der Waals surface area contributed by atoms with Crippen LogP contribution in [0.3, 0.4) is 0 Å². The van der Waals surface area contributed by atoms with Gasteiger partial charge in [-0.25, -0.2) is 0 Å². The van der Waals surface area contributed by atoms with Crippen LogP contribution in [0.1, 0.15) is 27.2 Å². The molecule has 2 nitrogen and oxygen atoms in total. The van der Waals surface area contributed by atoms with E-state index in [1.165, 1.54) is 39.1 Å². The molecule has 1 aliphatic heterocycles. The van der Waals surface area contributed by atoms with E-state index < -0.39 is 0 Å². The van der Waals surface area contributed by atoms with Crippen molar-refractivity contribution in [3.8, 4) is 0 Å². The van der Waals surface area contributed by atoms with Gasteiger partial charge in [0.15, 0.2) is 0 Å². The topological polar surface area (TPSA) is 6.48 Å². The SMILES string of the molecule is CC1CC=CC=C1CN1CCN(C(C)C)CC1. The van der Waals surface area contributed by atoms with Crippen LogP contribution < -0.4 is 0 Å². The third kappa shape index (κ3) is 3.43. The Kier molecular flexibility index (Phi) is 4.41. The first-order valence-corrected chi connectivity index (χ1v) is 6.99. The lowest BCUT2D eigenvalue weighted by Gasteiger charge is -2.38. The highest BCUT2D eigenvalue weighted by molar-refractivity contribution is 5.21. The molecule has 1 aliphatic carbocycles. The molecule has 0 radical (unpaired) electrons. The second-order valence-corrected chi connectivity index (χ2v) is 5.71. The molecule has 1 fully saturated rings. The molecule has 0 aromatic rings. The summed E-state index contributed by atoms with van der Waals surface area (Å²) in [7, 11) is 0. The molecule has 0 saturated carbocycles. The Hall–Kier alpha value is -0.600. The van der Waals surface area contributed by atoms with Gasteiger partial charge in [-0.15, -0.1) is 0 Å². The highest BCUT2D eigenvalue weighted by Crippen LogP contribution is 2.21. The van der Waals surface area contributed by atoms with Gasteiger partial charge in [-0.05, 0) is 26.2 Å². The summed E-state index contributed by atoms with van der Waals surface area (Å²) in [5, 5.41) is 0. The van der Waals surface area contributed by atoms with Gasteiger partial charge < -0.3 is 0 Å². The van der Waals surface area contributed by atoms with E-state index in [1.807, 2.05) is 0 Å². The van der Waals surface area contributed by atoms with Gasteiger partial charge in [-0.1, -0.05) is 30.7 Å². The van der Waals surface area contributed by atoms with Crippen LogP contribution in [0.15, 0.2) is 23.8 Å². The quantitative estimate of drug-likeness (QED) is 0.740. The summed E-state index contributed by atoms with van der Waals surface area (Å²) >= 11 is 0. The fourth-order valence-corrected chi connectivity index (χ4v) is 2.69. The lowest BCUT2D eigenvalue weighted by Crippen LogP contribution is -2.49. The minimum absolute atomic E-state index is 0.702. The Labute approximate surface area is 106 Å². The molecule has 1 atom stereocenters. The summed E-state index contributed by atoms with van der Waals surface area (Å²) in [6, 6.07) is 0.702. The summed E-state index contributed by atoms with van der Waals surface area (Å²) < 4.78 is 0. The zero-order chi connectivity index (χ0) is 12.3. The Balaban J connectivity index is 1.82. The molecule has 1 heterocycles. The summed E-state index contributed by atoms with van der Waals surface area (Å²) in [6.45, 7) is 13.0. The van der Waals surface area contributed by atoms with Gasteiger partial charge in [0.1, 0.15) is 0 Å². The Morgan fingerprint density at radius 1 is 1.24 bits per heavy atom. The number of rotatable bonds is 3. The molecule has 96 valence electrons. The van der Waals surface area contributed by atoms with Gasteiger partial charge in [0.2, 0.25) is 0 Å². The number of piperazine rings is 1. The Bertz CT molecular complexity index is 296. The molecule has 2 aliphatic rings. The Morgan fingerprint density at radius 2 is 1.94 bits per heavy atom. The van der Waals surface area contributed by atoms with Crippen LogP contribution >= 0.6 is 0 Å². The first kappa shape index (κ1) is 12.8. The summed E-state index contributed by atoms with van der Waals surface area (Å²) in [5.41, 5.74) is 1.62. The van der Waals surface area contributed by atoms with Crippen molar-refractivity contribution in [3.63, 3.8) is 0 Å². The minimum Gasteiger partial charge on any atom is -0.298 e. The standard InChI is InChI=1S/C15H26N2/c1-13(2)17-10-8-16(9-11-17)12-15-7-5-4-6-14(15)3/h4-5,7,13-14H,6,8-12H2,1-3H3. The first-order valence-electron chi connectivity index (χ1n) is 6.99.